The van der Waals surface area contributed by atoms with Crippen molar-refractivity contribution in [3.05, 3.63) is 27.7 Å². The summed E-state index contributed by atoms with van der Waals surface area (Å²) >= 11 is 3.55. The quantitative estimate of drug-likeness (QED) is 0.910. The highest BCUT2D eigenvalue weighted by molar-refractivity contribution is 9.10. The Morgan fingerprint density at radius 1 is 1.35 bits per heavy atom. The molecule has 3 nitrogen and oxygen atoms in total. The molecule has 0 spiro atoms. The first kappa shape index (κ1) is 11.1. The van der Waals surface area contributed by atoms with Crippen LogP contribution in [0, 0.1) is 5.41 Å². The third kappa shape index (κ3) is 2.06. The predicted octanol–water partition coefficient (Wildman–Crippen LogP) is 2.96. The van der Waals surface area contributed by atoms with Crippen molar-refractivity contribution in [1.29, 1.82) is 5.41 Å². The molecule has 0 radical (unpaired) electrons. The summed E-state index contributed by atoms with van der Waals surface area (Å²) in [6.45, 7) is 2.59. The maximum Gasteiger partial charge on any atom is 0.127 e. The van der Waals surface area contributed by atoms with Crippen molar-refractivity contribution < 1.29 is 4.74 Å². The van der Waals surface area contributed by atoms with E-state index in [1.807, 2.05) is 0 Å². The lowest BCUT2D eigenvalue weighted by molar-refractivity contribution is 0.346. The van der Waals surface area contributed by atoms with Crippen LogP contribution in [0.3, 0.4) is 0 Å². The Labute approximate surface area is 109 Å². The molecule has 0 aliphatic carbocycles. The highest BCUT2D eigenvalue weighted by Crippen LogP contribution is 2.34. The van der Waals surface area contributed by atoms with Gasteiger partial charge >= 0.3 is 0 Å². The van der Waals surface area contributed by atoms with Gasteiger partial charge in [0.25, 0.3) is 0 Å². The SMILES string of the molecule is N=C1CCCN1Cc1cc(Br)cc2c1OCC2. The van der Waals surface area contributed by atoms with E-state index in [4.69, 9.17) is 10.1 Å². The fourth-order valence-electron chi connectivity index (χ4n) is 2.57. The smallest absolute Gasteiger partial charge is 0.127 e. The van der Waals surface area contributed by atoms with Crippen molar-refractivity contribution in [3.8, 4) is 5.75 Å². The summed E-state index contributed by atoms with van der Waals surface area (Å²) in [5.41, 5.74) is 2.50. The van der Waals surface area contributed by atoms with E-state index in [0.29, 0.717) is 0 Å². The molecule has 1 N–H and O–H groups in total. The molecular weight excluding hydrogens is 280 g/mol. The normalized spacial score (nSPS) is 18.4. The largest absolute Gasteiger partial charge is 0.493 e. The van der Waals surface area contributed by atoms with E-state index in [1.54, 1.807) is 0 Å². The van der Waals surface area contributed by atoms with Crippen LogP contribution >= 0.6 is 15.9 Å². The van der Waals surface area contributed by atoms with Gasteiger partial charge in [-0.3, -0.25) is 5.41 Å². The van der Waals surface area contributed by atoms with Gasteiger partial charge in [0.1, 0.15) is 5.75 Å². The number of fused-ring (bicyclic) bond motifs is 1. The van der Waals surface area contributed by atoms with Gasteiger partial charge < -0.3 is 9.64 Å². The molecule has 4 heteroatoms. The van der Waals surface area contributed by atoms with Crippen LogP contribution in [-0.2, 0) is 13.0 Å². The molecule has 90 valence electrons. The van der Waals surface area contributed by atoms with Crippen LogP contribution in [0.5, 0.6) is 5.75 Å². The first-order valence-corrected chi connectivity index (χ1v) is 6.80. The fourth-order valence-corrected chi connectivity index (χ4v) is 3.13. The fraction of sp³-hybridized carbons (Fsp3) is 0.462. The number of likely N-dealkylation sites (tertiary alicyclic amines) is 1. The number of nitrogens with one attached hydrogen (secondary N) is 1. The van der Waals surface area contributed by atoms with Crippen molar-refractivity contribution in [3.63, 3.8) is 0 Å². The minimum Gasteiger partial charge on any atom is -0.493 e. The number of rotatable bonds is 2. The zero-order chi connectivity index (χ0) is 11.8. The lowest BCUT2D eigenvalue weighted by atomic mass is 10.1. The van der Waals surface area contributed by atoms with Crippen LogP contribution in [0.2, 0.25) is 0 Å². The molecule has 1 aromatic rings. The maximum atomic E-state index is 7.88. The Hall–Kier alpha value is -1.03. The molecule has 0 bridgehead atoms. The summed E-state index contributed by atoms with van der Waals surface area (Å²) in [4.78, 5) is 2.14. The minimum absolute atomic E-state index is 0.761. The van der Waals surface area contributed by atoms with Crippen LogP contribution in [0.4, 0.5) is 0 Å². The molecule has 0 amide bonds. The zero-order valence-corrected chi connectivity index (χ0v) is 11.2. The topological polar surface area (TPSA) is 36.3 Å². The van der Waals surface area contributed by atoms with E-state index in [1.165, 1.54) is 11.1 Å². The third-order valence-electron chi connectivity index (χ3n) is 3.41. The van der Waals surface area contributed by atoms with Crippen LogP contribution in [0.15, 0.2) is 16.6 Å². The summed E-state index contributed by atoms with van der Waals surface area (Å²) in [6, 6.07) is 4.26. The molecule has 1 fully saturated rings. The van der Waals surface area contributed by atoms with Gasteiger partial charge in [-0.05, 0) is 24.1 Å². The standard InChI is InChI=1S/C13H15BrN2O/c14-11-6-9-3-5-17-13(9)10(7-11)8-16-4-1-2-12(16)15/h6-7,15H,1-5,8H2. The Morgan fingerprint density at radius 2 is 2.24 bits per heavy atom. The Kier molecular flexibility index (Phi) is 2.82. The first-order chi connectivity index (χ1) is 8.24. The van der Waals surface area contributed by atoms with Crippen LogP contribution in [0.25, 0.3) is 0 Å². The number of nitrogens with zero attached hydrogens (tertiary/aromatic N) is 1. The van der Waals surface area contributed by atoms with E-state index >= 15 is 0 Å². The zero-order valence-electron chi connectivity index (χ0n) is 9.63. The molecule has 0 aromatic heterocycles. The van der Waals surface area contributed by atoms with Gasteiger partial charge in [-0.2, -0.15) is 0 Å². The lowest BCUT2D eigenvalue weighted by Gasteiger charge is -2.19. The molecule has 3 rings (SSSR count). The predicted molar refractivity (Wildman–Crippen MR) is 70.7 cm³/mol. The highest BCUT2D eigenvalue weighted by atomic mass is 79.9. The Morgan fingerprint density at radius 3 is 3.00 bits per heavy atom. The number of ether oxygens (including phenoxy) is 1. The summed E-state index contributed by atoms with van der Waals surface area (Å²) in [5, 5.41) is 7.88. The number of amidine groups is 1. The van der Waals surface area contributed by atoms with Gasteiger partial charge in [0.15, 0.2) is 0 Å². The molecule has 0 atom stereocenters. The van der Waals surface area contributed by atoms with Gasteiger partial charge in [0.05, 0.1) is 12.4 Å². The van der Waals surface area contributed by atoms with E-state index < -0.39 is 0 Å². The monoisotopic (exact) mass is 294 g/mol. The number of benzene rings is 1. The average Bonchev–Trinajstić information content (AvgIpc) is 2.88. The molecule has 1 aromatic carbocycles. The number of halogens is 1. The molecule has 1 saturated heterocycles. The molecule has 0 unspecified atom stereocenters. The van der Waals surface area contributed by atoms with Gasteiger partial charge in [0, 0.05) is 36.0 Å². The van der Waals surface area contributed by atoms with Gasteiger partial charge in [-0.15, -0.1) is 0 Å². The van der Waals surface area contributed by atoms with Crippen LogP contribution < -0.4 is 4.74 Å². The summed E-state index contributed by atoms with van der Waals surface area (Å²) in [6.07, 6.45) is 3.02. The Bertz CT molecular complexity index is 473. The van der Waals surface area contributed by atoms with E-state index in [9.17, 15) is 0 Å². The van der Waals surface area contributed by atoms with Gasteiger partial charge in [0.2, 0.25) is 0 Å². The summed E-state index contributed by atoms with van der Waals surface area (Å²) in [7, 11) is 0. The van der Waals surface area contributed by atoms with E-state index in [2.05, 4.69) is 33.0 Å². The molecule has 2 aliphatic heterocycles. The summed E-state index contributed by atoms with van der Waals surface area (Å²) in [5.74, 6) is 1.81. The second kappa shape index (κ2) is 4.33. The van der Waals surface area contributed by atoms with Gasteiger partial charge in [-0.1, -0.05) is 15.9 Å². The van der Waals surface area contributed by atoms with Crippen LogP contribution in [-0.4, -0.2) is 23.9 Å². The van der Waals surface area contributed by atoms with Crippen molar-refractivity contribution in [2.75, 3.05) is 13.2 Å². The second-order valence-corrected chi connectivity index (χ2v) is 5.54. The average molecular weight is 295 g/mol. The van der Waals surface area contributed by atoms with Crippen molar-refractivity contribution in [2.24, 2.45) is 0 Å². The van der Waals surface area contributed by atoms with Crippen molar-refractivity contribution in [1.82, 2.24) is 4.90 Å². The molecule has 2 heterocycles. The molecule has 2 aliphatic rings. The second-order valence-electron chi connectivity index (χ2n) is 4.62. The Balaban J connectivity index is 1.90. The molecular formula is C13H15BrN2O. The van der Waals surface area contributed by atoms with E-state index in [0.717, 1.165) is 55.0 Å². The number of hydrogen-bond donors (Lipinski definition) is 1. The first-order valence-electron chi connectivity index (χ1n) is 6.00. The van der Waals surface area contributed by atoms with Gasteiger partial charge in [-0.25, -0.2) is 0 Å². The molecule has 17 heavy (non-hydrogen) atoms. The molecule has 0 saturated carbocycles. The van der Waals surface area contributed by atoms with E-state index in [-0.39, 0.29) is 0 Å². The highest BCUT2D eigenvalue weighted by Gasteiger charge is 2.22. The number of hydrogen-bond acceptors (Lipinski definition) is 2. The maximum absolute atomic E-state index is 7.88. The third-order valence-corrected chi connectivity index (χ3v) is 3.87. The van der Waals surface area contributed by atoms with Crippen LogP contribution in [0.1, 0.15) is 24.0 Å². The van der Waals surface area contributed by atoms with Crippen molar-refractivity contribution in [2.45, 2.75) is 25.8 Å². The summed E-state index contributed by atoms with van der Waals surface area (Å²) < 4.78 is 6.83. The lowest BCUT2D eigenvalue weighted by Crippen LogP contribution is -2.23. The van der Waals surface area contributed by atoms with Crippen molar-refractivity contribution >= 4 is 21.8 Å². The minimum atomic E-state index is 0.761.